The molecule has 0 radical (unpaired) electrons. The Kier molecular flexibility index (Phi) is 14.9. The molecule has 0 aromatic rings. The van der Waals surface area contributed by atoms with Crippen molar-refractivity contribution < 1.29 is 101 Å². The summed E-state index contributed by atoms with van der Waals surface area (Å²) in [4.78, 5) is 29.6. The first kappa shape index (κ1) is 47.8. The van der Waals surface area contributed by atoms with E-state index in [0.717, 1.165) is 0 Å². The molecule has 7 heterocycles. The normalized spacial score (nSPS) is 47.3. The summed E-state index contributed by atoms with van der Waals surface area (Å²) < 4.78 is 71.2. The molecular formula is C42H68BNaO15. The van der Waals surface area contributed by atoms with E-state index in [-0.39, 0.29) is 42.5 Å². The van der Waals surface area contributed by atoms with Crippen molar-refractivity contribution in [2.45, 2.75) is 205 Å². The van der Waals surface area contributed by atoms with Crippen LogP contribution in [0.3, 0.4) is 0 Å². The predicted molar refractivity (Wildman–Crippen MR) is 207 cm³/mol. The molecule has 9 bridgehead atoms. The van der Waals surface area contributed by atoms with Crippen LogP contribution in [0.15, 0.2) is 12.2 Å². The second-order valence-corrected chi connectivity index (χ2v) is 19.3. The molecule has 3 spiro atoms. The number of carbonyl (C=O) groups excluding carboxylic acids is 2. The van der Waals surface area contributed by atoms with E-state index in [0.29, 0.717) is 70.6 Å². The van der Waals surface area contributed by atoms with Crippen molar-refractivity contribution in [2.24, 2.45) is 22.7 Å². The van der Waals surface area contributed by atoms with Gasteiger partial charge in [-0.05, 0) is 71.6 Å². The Morgan fingerprint density at radius 1 is 0.797 bits per heavy atom. The van der Waals surface area contributed by atoms with Crippen LogP contribution in [0.5, 0.6) is 0 Å². The molecule has 59 heavy (non-hydrogen) atoms. The second kappa shape index (κ2) is 18.4. The number of aliphatic hydroxyl groups excluding tert-OH is 2. The Morgan fingerprint density at radius 3 is 1.93 bits per heavy atom. The van der Waals surface area contributed by atoms with Gasteiger partial charge in [0.1, 0.15) is 19.0 Å². The quantitative estimate of drug-likeness (QED) is 0.182. The van der Waals surface area contributed by atoms with Crippen molar-refractivity contribution in [2.75, 3.05) is 13.9 Å². The minimum Gasteiger partial charge on any atom is -0.504 e. The van der Waals surface area contributed by atoms with Gasteiger partial charge in [-0.1, -0.05) is 53.7 Å². The van der Waals surface area contributed by atoms with Gasteiger partial charge in [0, 0.05) is 42.6 Å². The van der Waals surface area contributed by atoms with Gasteiger partial charge in [-0.2, -0.15) is 0 Å². The summed E-state index contributed by atoms with van der Waals surface area (Å²) in [7, 11) is 1.51. The largest absolute Gasteiger partial charge is 1.00 e. The van der Waals surface area contributed by atoms with Crippen LogP contribution >= 0.6 is 0 Å². The molecule has 0 saturated carbocycles. The molecule has 0 aromatic carbocycles. The number of carbonyl (C=O) groups is 2. The Morgan fingerprint density at radius 2 is 1.36 bits per heavy atom. The Hall–Kier alpha value is -0.695. The molecule has 0 aliphatic carbocycles. The molecule has 15 nitrogen and oxygen atoms in total. The zero-order valence-electron chi connectivity index (χ0n) is 36.9. The SMILES string of the molecule is COCO[C@H](C)[C@@H]1C/C=C\CC[C@H](O)C(C)(C)[C@@H]2CC[C@@H](C)[C@]3(O2)O[B-]24O[C@@H](C(=O)O1)[C@@]1(O[C@@H](CC[C@H]1C)C(C)(C)[C@H](O)CCC[C@@H]1C[C@H](OC(=O)[C@@H]3O2)[C@@H](C)O1)O4.[Na+]. The van der Waals surface area contributed by atoms with E-state index in [1.54, 1.807) is 6.92 Å². The molecule has 2 N–H and O–H groups in total. The minimum atomic E-state index is -3.46. The topological polar surface area (TPSA) is 176 Å². The van der Waals surface area contributed by atoms with E-state index in [4.69, 9.17) is 51.8 Å². The van der Waals surface area contributed by atoms with Gasteiger partial charge in [-0.25, -0.2) is 9.59 Å². The number of aliphatic hydroxyl groups is 2. The van der Waals surface area contributed by atoms with E-state index in [1.165, 1.54) is 7.11 Å². The third-order valence-electron chi connectivity index (χ3n) is 14.6. The number of methoxy groups -OCH3 is 1. The van der Waals surface area contributed by atoms with Crippen LogP contribution < -0.4 is 29.6 Å². The summed E-state index contributed by atoms with van der Waals surface area (Å²) in [6.45, 7) is 11.8. The number of hydrogen-bond donors (Lipinski definition) is 2. The number of cyclic esters (lactones) is 1. The maximum atomic E-state index is 14.8. The van der Waals surface area contributed by atoms with Crippen LogP contribution in [0.1, 0.15) is 126 Å². The van der Waals surface area contributed by atoms with Crippen molar-refractivity contribution in [1.82, 2.24) is 0 Å². The molecule has 6 fully saturated rings. The fourth-order valence-corrected chi connectivity index (χ4v) is 10.3. The molecule has 7 rings (SSSR count). The fourth-order valence-electron chi connectivity index (χ4n) is 10.3. The number of fused-ring (bicyclic) bond motifs is 6. The van der Waals surface area contributed by atoms with Crippen molar-refractivity contribution in [3.05, 3.63) is 12.2 Å². The monoisotopic (exact) mass is 846 g/mol. The van der Waals surface area contributed by atoms with Gasteiger partial charge < -0.3 is 62.0 Å². The van der Waals surface area contributed by atoms with E-state index in [9.17, 15) is 19.8 Å². The van der Waals surface area contributed by atoms with Gasteiger partial charge in [0.05, 0.1) is 42.7 Å². The summed E-state index contributed by atoms with van der Waals surface area (Å²) in [6.07, 6.45) is 1.30. The van der Waals surface area contributed by atoms with Gasteiger partial charge in [-0.15, -0.1) is 0 Å². The number of esters is 2. The average molecular weight is 847 g/mol. The van der Waals surface area contributed by atoms with Gasteiger partial charge in [-0.3, -0.25) is 0 Å². The van der Waals surface area contributed by atoms with Crippen molar-refractivity contribution in [1.29, 1.82) is 0 Å². The van der Waals surface area contributed by atoms with Gasteiger partial charge >= 0.3 is 48.5 Å². The first-order valence-corrected chi connectivity index (χ1v) is 21.8. The summed E-state index contributed by atoms with van der Waals surface area (Å²) in [6, 6.07) is 0. The summed E-state index contributed by atoms with van der Waals surface area (Å²) >= 11 is 0. The predicted octanol–water partition coefficient (Wildman–Crippen LogP) is 1.99. The summed E-state index contributed by atoms with van der Waals surface area (Å²) in [5.74, 6) is -6.11. The molecule has 17 heteroatoms. The smallest absolute Gasteiger partial charge is 0.504 e. The van der Waals surface area contributed by atoms with Crippen LogP contribution in [-0.2, 0) is 61.4 Å². The zero-order valence-corrected chi connectivity index (χ0v) is 38.9. The average Bonchev–Trinajstić information content (AvgIpc) is 3.80. The van der Waals surface area contributed by atoms with Crippen molar-refractivity contribution in [3.8, 4) is 0 Å². The number of ether oxygens (including phenoxy) is 7. The van der Waals surface area contributed by atoms with E-state index in [2.05, 4.69) is 0 Å². The molecule has 0 amide bonds. The number of rotatable bonds is 4. The summed E-state index contributed by atoms with van der Waals surface area (Å²) in [5.41, 5.74) is -1.59. The number of allylic oxidation sites excluding steroid dienone is 1. The van der Waals surface area contributed by atoms with Crippen LogP contribution in [0, 0.1) is 22.7 Å². The van der Waals surface area contributed by atoms with Crippen LogP contribution in [0.4, 0.5) is 0 Å². The number of hydrogen-bond acceptors (Lipinski definition) is 15. The minimum absolute atomic E-state index is 0. The van der Waals surface area contributed by atoms with Crippen molar-refractivity contribution >= 4 is 18.9 Å². The maximum Gasteiger partial charge on any atom is 1.00 e. The third-order valence-corrected chi connectivity index (χ3v) is 14.6. The van der Waals surface area contributed by atoms with Gasteiger partial charge in [0.25, 0.3) is 0 Å². The fraction of sp³-hybridized carbons (Fsp3) is 0.905. The van der Waals surface area contributed by atoms with Crippen LogP contribution in [-0.4, -0.2) is 122 Å². The van der Waals surface area contributed by atoms with Gasteiger partial charge in [0.2, 0.25) is 0 Å². The molecule has 1 unspecified atom stereocenters. The van der Waals surface area contributed by atoms with E-state index >= 15 is 0 Å². The van der Waals surface area contributed by atoms with E-state index < -0.39 is 114 Å². The molecule has 330 valence electrons. The third kappa shape index (κ3) is 9.03. The molecule has 0 aromatic heterocycles. The zero-order chi connectivity index (χ0) is 41.8. The first-order valence-electron chi connectivity index (χ1n) is 21.8. The Balaban J connectivity index is 0.00000585. The van der Waals surface area contributed by atoms with E-state index in [1.807, 2.05) is 60.6 Å². The first-order chi connectivity index (χ1) is 27.4. The molecule has 7 aliphatic rings. The Labute approximate surface area is 371 Å². The molecule has 6 saturated heterocycles. The molecule has 16 atom stereocenters. The van der Waals surface area contributed by atoms with Gasteiger partial charge in [0.15, 0.2) is 23.8 Å². The summed E-state index contributed by atoms with van der Waals surface area (Å²) in [5, 5.41) is 23.5. The standard InChI is InChI=1S/C42H68BO15.Na/c1-24-19-21-34-40(7,8)32(45)17-13-14-28-22-30(27(4)50-28)52-38(47)36-42-25(2)18-20-33(53-42)39(5,6)31(44)16-12-10-11-15-29(26(3)49-23-48-9)51-37(46)35-41(24,54-34)57-43(55-35,56-36)58-42;/h10-11,24-36,44-45H,12-23H2,1-9H3;/q-1;+1/b11-10-;/t24-,25-,26-,27-,28-,29+,30+,31+,32-,33+,34+,35+,36+,41+,42+,43?;/m1./s1. The maximum absolute atomic E-state index is 14.8. The van der Waals surface area contributed by atoms with Crippen LogP contribution in [0.2, 0.25) is 0 Å². The molecule has 7 aliphatic heterocycles. The van der Waals surface area contributed by atoms with Crippen LogP contribution in [0.25, 0.3) is 0 Å². The molecular weight excluding hydrogens is 778 g/mol. The van der Waals surface area contributed by atoms with Crippen molar-refractivity contribution in [3.63, 3.8) is 0 Å². The Bertz CT molecular complexity index is 1520. The second-order valence-electron chi connectivity index (χ2n) is 19.3.